The van der Waals surface area contributed by atoms with E-state index in [9.17, 15) is 14.4 Å². The quantitative estimate of drug-likeness (QED) is 0.312. The van der Waals surface area contributed by atoms with Crippen molar-refractivity contribution in [3.63, 3.8) is 0 Å². The van der Waals surface area contributed by atoms with E-state index < -0.39 is 11.3 Å². The molecule has 4 aromatic rings. The molecule has 2 aromatic carbocycles. The van der Waals surface area contributed by atoms with Crippen LogP contribution in [0.15, 0.2) is 65.6 Å². The highest BCUT2D eigenvalue weighted by molar-refractivity contribution is 7.16. The number of rotatable bonds is 9. The van der Waals surface area contributed by atoms with Crippen molar-refractivity contribution in [1.82, 2.24) is 9.38 Å². The lowest BCUT2D eigenvalue weighted by Gasteiger charge is -2.10. The van der Waals surface area contributed by atoms with Crippen molar-refractivity contribution in [1.29, 1.82) is 0 Å². The van der Waals surface area contributed by atoms with E-state index in [-0.39, 0.29) is 43.1 Å². The molecule has 2 aromatic heterocycles. The van der Waals surface area contributed by atoms with Gasteiger partial charge in [-0.2, -0.15) is 0 Å². The van der Waals surface area contributed by atoms with Gasteiger partial charge in [0.2, 0.25) is 5.75 Å². The summed E-state index contributed by atoms with van der Waals surface area (Å²) < 4.78 is 7.19. The zero-order valence-corrected chi connectivity index (χ0v) is 19.5. The van der Waals surface area contributed by atoms with Gasteiger partial charge in [-0.15, -0.1) is 11.3 Å². The Hall–Kier alpha value is -3.29. The number of hydrogen-bond acceptors (Lipinski definition) is 6. The minimum atomic E-state index is -0.434. The zero-order valence-electron chi connectivity index (χ0n) is 17.9. The molecule has 4 rings (SSSR count). The Balaban J connectivity index is 1.54. The van der Waals surface area contributed by atoms with Crippen LogP contribution < -0.4 is 10.3 Å². The molecule has 0 unspecified atom stereocenters. The van der Waals surface area contributed by atoms with Gasteiger partial charge in [-0.1, -0.05) is 54.1 Å². The van der Waals surface area contributed by atoms with Gasteiger partial charge in [0, 0.05) is 35.4 Å². The van der Waals surface area contributed by atoms with Gasteiger partial charge in [0.1, 0.15) is 12.4 Å². The highest BCUT2D eigenvalue weighted by atomic mass is 35.5. The van der Waals surface area contributed by atoms with E-state index in [0.29, 0.717) is 9.98 Å². The van der Waals surface area contributed by atoms with Crippen LogP contribution in [0.3, 0.4) is 0 Å². The van der Waals surface area contributed by atoms with Gasteiger partial charge in [0.25, 0.3) is 0 Å². The smallest absolute Gasteiger partial charge is 0.301 e. The Morgan fingerprint density at radius 1 is 1.03 bits per heavy atom. The van der Waals surface area contributed by atoms with Crippen molar-refractivity contribution in [2.75, 3.05) is 0 Å². The molecule has 0 radical (unpaired) electrons. The summed E-state index contributed by atoms with van der Waals surface area (Å²) in [6, 6.07) is 16.4. The Morgan fingerprint density at radius 3 is 2.48 bits per heavy atom. The standard InChI is InChI=1S/C25H21ClN2O4S/c1-16-14-28-24(31)23(32-15-18-5-3-2-4-6-18)22(27-25(28)33-16)21(30)12-11-20(29)13-17-7-9-19(26)10-8-17/h2-10,14H,11-13,15H2,1H3. The number of Topliss-reactive ketones (excluding diaryl/α,β-unsaturated/α-hetero) is 2. The highest BCUT2D eigenvalue weighted by Crippen LogP contribution is 2.21. The number of aryl methyl sites for hydroxylation is 1. The number of carbonyl (C=O) groups excluding carboxylic acids is 2. The lowest BCUT2D eigenvalue weighted by molar-refractivity contribution is -0.118. The van der Waals surface area contributed by atoms with Crippen LogP contribution in [0.5, 0.6) is 5.75 Å². The number of halogens is 1. The van der Waals surface area contributed by atoms with E-state index in [1.807, 2.05) is 37.3 Å². The average molecular weight is 481 g/mol. The molecule has 0 aliphatic rings. The number of fused-ring (bicyclic) bond motifs is 1. The number of carbonyl (C=O) groups is 2. The van der Waals surface area contributed by atoms with E-state index in [4.69, 9.17) is 16.3 Å². The molecule has 6 nitrogen and oxygen atoms in total. The summed E-state index contributed by atoms with van der Waals surface area (Å²) in [5.41, 5.74) is 1.23. The summed E-state index contributed by atoms with van der Waals surface area (Å²) in [7, 11) is 0. The van der Waals surface area contributed by atoms with Gasteiger partial charge in [0.05, 0.1) is 0 Å². The molecule has 0 fully saturated rings. The van der Waals surface area contributed by atoms with E-state index >= 15 is 0 Å². The van der Waals surface area contributed by atoms with Crippen molar-refractivity contribution >= 4 is 39.5 Å². The minimum Gasteiger partial charge on any atom is -0.481 e. The van der Waals surface area contributed by atoms with Crippen LogP contribution >= 0.6 is 22.9 Å². The molecule has 2 heterocycles. The van der Waals surface area contributed by atoms with Gasteiger partial charge in [-0.05, 0) is 30.2 Å². The third-order valence-corrected chi connectivity index (χ3v) is 6.19. The maximum Gasteiger partial charge on any atom is 0.301 e. The topological polar surface area (TPSA) is 77.7 Å². The maximum atomic E-state index is 13.1. The second kappa shape index (κ2) is 10.1. The van der Waals surface area contributed by atoms with Crippen LogP contribution in [-0.2, 0) is 17.8 Å². The number of benzene rings is 2. The van der Waals surface area contributed by atoms with Gasteiger partial charge in [0.15, 0.2) is 16.4 Å². The summed E-state index contributed by atoms with van der Waals surface area (Å²) in [6.07, 6.45) is 1.88. The van der Waals surface area contributed by atoms with Crippen molar-refractivity contribution in [3.05, 3.63) is 97.9 Å². The van der Waals surface area contributed by atoms with Crippen molar-refractivity contribution in [3.8, 4) is 5.75 Å². The Morgan fingerprint density at radius 2 is 1.76 bits per heavy atom. The number of thiazole rings is 1. The molecule has 0 atom stereocenters. The first-order valence-corrected chi connectivity index (χ1v) is 11.6. The minimum absolute atomic E-state index is 0.0305. The Labute approximate surface area is 199 Å². The van der Waals surface area contributed by atoms with Crippen LogP contribution in [0.4, 0.5) is 0 Å². The second-order valence-corrected chi connectivity index (χ2v) is 9.28. The highest BCUT2D eigenvalue weighted by Gasteiger charge is 2.22. The first-order chi connectivity index (χ1) is 15.9. The van der Waals surface area contributed by atoms with Gasteiger partial charge in [-0.25, -0.2) is 4.98 Å². The maximum absolute atomic E-state index is 13.1. The van der Waals surface area contributed by atoms with Crippen LogP contribution in [0.1, 0.15) is 39.3 Å². The van der Waals surface area contributed by atoms with Gasteiger partial charge >= 0.3 is 5.56 Å². The molecule has 0 aliphatic carbocycles. The van der Waals surface area contributed by atoms with Crippen molar-refractivity contribution in [2.45, 2.75) is 32.8 Å². The fraction of sp³-hybridized carbons (Fsp3) is 0.200. The predicted molar refractivity (Wildman–Crippen MR) is 129 cm³/mol. The van der Waals surface area contributed by atoms with Crippen LogP contribution in [0, 0.1) is 6.92 Å². The number of aromatic nitrogens is 2. The van der Waals surface area contributed by atoms with Crippen molar-refractivity contribution < 1.29 is 14.3 Å². The third-order valence-electron chi connectivity index (χ3n) is 5.04. The zero-order chi connectivity index (χ0) is 23.4. The summed E-state index contributed by atoms with van der Waals surface area (Å²) >= 11 is 7.19. The summed E-state index contributed by atoms with van der Waals surface area (Å²) in [5.74, 6) is -0.570. The van der Waals surface area contributed by atoms with Crippen LogP contribution in [-0.4, -0.2) is 21.0 Å². The molecule has 0 bridgehead atoms. The lowest BCUT2D eigenvalue weighted by Crippen LogP contribution is -2.21. The molecule has 0 saturated carbocycles. The molecule has 168 valence electrons. The Kier molecular flexibility index (Phi) is 7.01. The normalized spacial score (nSPS) is 11.0. The molecule has 0 spiro atoms. The first-order valence-electron chi connectivity index (χ1n) is 10.4. The Bertz CT molecular complexity index is 1360. The van der Waals surface area contributed by atoms with Crippen LogP contribution in [0.25, 0.3) is 4.96 Å². The summed E-state index contributed by atoms with van der Waals surface area (Å²) in [4.78, 5) is 44.2. The van der Waals surface area contributed by atoms with Gasteiger partial charge in [-0.3, -0.25) is 18.8 Å². The van der Waals surface area contributed by atoms with Crippen LogP contribution in [0.2, 0.25) is 5.02 Å². The average Bonchev–Trinajstić information content (AvgIpc) is 3.19. The third kappa shape index (κ3) is 5.56. The molecular formula is C25H21ClN2O4S. The number of hydrogen-bond donors (Lipinski definition) is 0. The molecule has 0 aliphatic heterocycles. The molecule has 8 heteroatoms. The molecule has 0 saturated heterocycles. The molecule has 0 amide bonds. The van der Waals surface area contributed by atoms with Gasteiger partial charge < -0.3 is 4.74 Å². The van der Waals surface area contributed by atoms with E-state index in [1.54, 1.807) is 30.5 Å². The molecular weight excluding hydrogens is 460 g/mol. The summed E-state index contributed by atoms with van der Waals surface area (Å²) in [6.45, 7) is 1.99. The van der Waals surface area contributed by atoms with E-state index in [0.717, 1.165) is 16.0 Å². The SMILES string of the molecule is Cc1cn2c(=O)c(OCc3ccccc3)c(C(=O)CCC(=O)Cc3ccc(Cl)cc3)nc2s1. The molecule has 0 N–H and O–H groups in total. The predicted octanol–water partition coefficient (Wildman–Crippen LogP) is 5.07. The number of ether oxygens (including phenoxy) is 1. The van der Waals surface area contributed by atoms with E-state index in [1.165, 1.54) is 15.7 Å². The fourth-order valence-corrected chi connectivity index (χ4v) is 4.32. The summed E-state index contributed by atoms with van der Waals surface area (Å²) in [5, 5.41) is 0.598. The first kappa shape index (κ1) is 22.9. The number of ketones is 2. The monoisotopic (exact) mass is 480 g/mol. The van der Waals surface area contributed by atoms with E-state index in [2.05, 4.69) is 4.98 Å². The van der Waals surface area contributed by atoms with Crippen molar-refractivity contribution in [2.24, 2.45) is 0 Å². The number of nitrogens with zero attached hydrogens (tertiary/aromatic N) is 2. The fourth-order valence-electron chi connectivity index (χ4n) is 3.37. The molecule has 33 heavy (non-hydrogen) atoms. The largest absolute Gasteiger partial charge is 0.481 e. The lowest BCUT2D eigenvalue weighted by atomic mass is 10.0. The second-order valence-electron chi connectivity index (χ2n) is 7.63.